The maximum absolute atomic E-state index is 13.5. The zero-order valence-electron chi connectivity index (χ0n) is 20.7. The predicted molar refractivity (Wildman–Crippen MR) is 119 cm³/mol. The van der Waals surface area contributed by atoms with E-state index < -0.39 is 94.4 Å². The van der Waals surface area contributed by atoms with E-state index in [0.29, 0.717) is 13.3 Å². The lowest BCUT2D eigenvalue weighted by Gasteiger charge is -2.31. The van der Waals surface area contributed by atoms with Crippen LogP contribution in [0.25, 0.3) is 0 Å². The molecule has 8 atom stereocenters. The van der Waals surface area contributed by atoms with Crippen molar-refractivity contribution in [3.8, 4) is 0 Å². The van der Waals surface area contributed by atoms with Crippen LogP contribution >= 0.6 is 0 Å². The van der Waals surface area contributed by atoms with Gasteiger partial charge in [0.2, 0.25) is 0 Å². The van der Waals surface area contributed by atoms with Crippen LogP contribution in [0.15, 0.2) is 0 Å². The lowest BCUT2D eigenvalue weighted by molar-refractivity contribution is -0.194. The second-order valence-electron chi connectivity index (χ2n) is 10.2. The summed E-state index contributed by atoms with van der Waals surface area (Å²) in [5.74, 6) is -6.00. The number of hydrogen-bond donors (Lipinski definition) is 1. The van der Waals surface area contributed by atoms with Crippen molar-refractivity contribution in [2.45, 2.75) is 94.8 Å². The van der Waals surface area contributed by atoms with Crippen molar-refractivity contribution in [2.75, 3.05) is 0 Å². The number of carbonyl (C=O) groups is 4. The van der Waals surface area contributed by atoms with E-state index in [0.717, 1.165) is 25.7 Å². The van der Waals surface area contributed by atoms with Crippen molar-refractivity contribution in [1.29, 1.82) is 0 Å². The second-order valence-corrected chi connectivity index (χ2v) is 11.7. The highest BCUT2D eigenvalue weighted by atomic mass is 32.2. The Hall–Kier alpha value is -2.39. The largest absolute Gasteiger partial charge is 0.458 e. The molecule has 38 heavy (non-hydrogen) atoms. The van der Waals surface area contributed by atoms with Crippen LogP contribution in [-0.4, -0.2) is 72.8 Å². The molecule has 0 aromatic heterocycles. The average molecular weight is 569 g/mol. The SMILES string of the molecule is CC(OC(=O)C1C2CC3C(OC(=O)C31)C2OC(=O)CCC(=O)OC(C)C(F)(F)S(=O)(=O)O)OC1CCCC1. The smallest absolute Gasteiger partial charge is 0.405 e. The Kier molecular flexibility index (Phi) is 8.01. The van der Waals surface area contributed by atoms with Gasteiger partial charge in [-0.2, -0.15) is 17.2 Å². The summed E-state index contributed by atoms with van der Waals surface area (Å²) in [6.45, 7) is 2.17. The third kappa shape index (κ3) is 5.50. The van der Waals surface area contributed by atoms with Crippen molar-refractivity contribution in [3.05, 3.63) is 0 Å². The molecule has 12 nitrogen and oxygen atoms in total. The van der Waals surface area contributed by atoms with E-state index in [9.17, 15) is 36.4 Å². The predicted octanol–water partition coefficient (Wildman–Crippen LogP) is 1.75. The maximum atomic E-state index is 13.5. The van der Waals surface area contributed by atoms with Crippen molar-refractivity contribution in [3.63, 3.8) is 0 Å². The van der Waals surface area contributed by atoms with Crippen LogP contribution in [0.3, 0.4) is 0 Å². The first-order valence-electron chi connectivity index (χ1n) is 12.5. The van der Waals surface area contributed by atoms with E-state index in [2.05, 4.69) is 4.74 Å². The van der Waals surface area contributed by atoms with E-state index in [-0.39, 0.29) is 12.0 Å². The fraction of sp³-hybridized carbons (Fsp3) is 0.826. The number of ether oxygens (including phenoxy) is 5. The highest BCUT2D eigenvalue weighted by Gasteiger charge is 2.70. The third-order valence-corrected chi connectivity index (χ3v) is 8.73. The Morgan fingerprint density at radius 3 is 2.34 bits per heavy atom. The number of hydrogen-bond acceptors (Lipinski definition) is 11. The van der Waals surface area contributed by atoms with Crippen molar-refractivity contribution in [2.24, 2.45) is 23.7 Å². The van der Waals surface area contributed by atoms with E-state index in [1.807, 2.05) is 0 Å². The van der Waals surface area contributed by atoms with Gasteiger partial charge in [-0.05, 0) is 33.1 Å². The minimum absolute atomic E-state index is 0.00121. The number of esters is 4. The topological polar surface area (TPSA) is 169 Å². The summed E-state index contributed by atoms with van der Waals surface area (Å²) < 4.78 is 83.6. The van der Waals surface area contributed by atoms with E-state index >= 15 is 0 Å². The minimum atomic E-state index is -5.82. The average Bonchev–Trinajstić information content (AvgIpc) is 3.56. The fourth-order valence-electron chi connectivity index (χ4n) is 5.98. The van der Waals surface area contributed by atoms with Crippen LogP contribution in [-0.2, 0) is 53.0 Å². The van der Waals surface area contributed by atoms with Gasteiger partial charge in [-0.25, -0.2) is 0 Å². The Bertz CT molecular complexity index is 1070. The summed E-state index contributed by atoms with van der Waals surface area (Å²) in [7, 11) is -5.82. The van der Waals surface area contributed by atoms with Gasteiger partial charge in [-0.15, -0.1) is 0 Å². The summed E-state index contributed by atoms with van der Waals surface area (Å²) >= 11 is 0. The third-order valence-electron chi connectivity index (χ3n) is 7.71. The molecule has 214 valence electrons. The molecule has 1 heterocycles. The van der Waals surface area contributed by atoms with Gasteiger partial charge < -0.3 is 23.7 Å². The molecule has 0 amide bonds. The fourth-order valence-corrected chi connectivity index (χ4v) is 6.45. The molecule has 0 aromatic carbocycles. The number of fused-ring (bicyclic) bond motifs is 1. The van der Waals surface area contributed by atoms with Gasteiger partial charge >= 0.3 is 39.2 Å². The summed E-state index contributed by atoms with van der Waals surface area (Å²) in [5, 5.41) is -4.74. The molecule has 0 aromatic rings. The molecular formula is C23H30F2O12S. The summed E-state index contributed by atoms with van der Waals surface area (Å²) in [4.78, 5) is 49.8. The first-order valence-corrected chi connectivity index (χ1v) is 13.9. The molecule has 1 N–H and O–H groups in total. The first kappa shape index (κ1) is 28.6. The van der Waals surface area contributed by atoms with Gasteiger partial charge in [0.05, 0.1) is 30.8 Å². The van der Waals surface area contributed by atoms with Crippen LogP contribution < -0.4 is 0 Å². The van der Waals surface area contributed by atoms with Gasteiger partial charge in [0, 0.05) is 11.8 Å². The number of halogens is 2. The molecule has 4 rings (SSSR count). The molecule has 8 unspecified atom stereocenters. The van der Waals surface area contributed by atoms with Gasteiger partial charge in [-0.1, -0.05) is 12.8 Å². The van der Waals surface area contributed by atoms with Crippen LogP contribution in [0.1, 0.15) is 58.8 Å². The molecule has 0 spiro atoms. The van der Waals surface area contributed by atoms with Crippen molar-refractivity contribution >= 4 is 34.0 Å². The maximum Gasteiger partial charge on any atom is 0.405 e. The minimum Gasteiger partial charge on any atom is -0.458 e. The van der Waals surface area contributed by atoms with Crippen LogP contribution in [0.5, 0.6) is 0 Å². The number of alkyl halides is 2. The summed E-state index contributed by atoms with van der Waals surface area (Å²) in [5.41, 5.74) is 0. The molecule has 1 aliphatic heterocycles. The molecule has 4 fully saturated rings. The van der Waals surface area contributed by atoms with Gasteiger partial charge in [0.15, 0.2) is 12.4 Å². The van der Waals surface area contributed by atoms with Gasteiger partial charge in [0.25, 0.3) is 0 Å². The molecule has 15 heteroatoms. The second kappa shape index (κ2) is 10.6. The molecule has 2 bridgehead atoms. The standard InChI is InChI=1S/C23H30F2O12S/c1-10(23(24,25)38(30,31)32)33-15(26)7-8-16(27)36-19-13-9-14-18(22(29)37-20(14)19)17(13)21(28)35-11(2)34-12-5-3-4-6-12/h10-14,17-20H,3-9H2,1-2H3,(H,30,31,32). The van der Waals surface area contributed by atoms with Gasteiger partial charge in [-0.3, -0.25) is 23.7 Å². The van der Waals surface area contributed by atoms with Crippen LogP contribution in [0, 0.1) is 23.7 Å². The Morgan fingerprint density at radius 1 is 1.08 bits per heavy atom. The van der Waals surface area contributed by atoms with Crippen LogP contribution in [0.4, 0.5) is 8.78 Å². The summed E-state index contributed by atoms with van der Waals surface area (Å²) in [6.07, 6.45) is -2.16. The van der Waals surface area contributed by atoms with E-state index in [1.165, 1.54) is 0 Å². The molecule has 0 radical (unpaired) electrons. The zero-order chi connectivity index (χ0) is 28.0. The van der Waals surface area contributed by atoms with Gasteiger partial charge in [0.1, 0.15) is 12.2 Å². The first-order chi connectivity index (χ1) is 17.7. The zero-order valence-corrected chi connectivity index (χ0v) is 21.6. The Morgan fingerprint density at radius 2 is 1.71 bits per heavy atom. The lowest BCUT2D eigenvalue weighted by Crippen LogP contribution is -2.44. The highest BCUT2D eigenvalue weighted by Crippen LogP contribution is 2.59. The van der Waals surface area contributed by atoms with Crippen LogP contribution in [0.2, 0.25) is 0 Å². The van der Waals surface area contributed by atoms with E-state index in [1.54, 1.807) is 6.92 Å². The van der Waals surface area contributed by atoms with Crippen molar-refractivity contribution < 1.29 is 64.6 Å². The normalized spacial score (nSPS) is 32.1. The molecule has 3 aliphatic carbocycles. The molecule has 3 saturated carbocycles. The highest BCUT2D eigenvalue weighted by molar-refractivity contribution is 7.86. The lowest BCUT2D eigenvalue weighted by atomic mass is 9.78. The quantitative estimate of drug-likeness (QED) is 0.166. The Labute approximate surface area is 217 Å². The van der Waals surface area contributed by atoms with E-state index in [4.69, 9.17) is 23.5 Å². The Balaban J connectivity index is 1.31. The number of carbonyl (C=O) groups excluding carboxylic acids is 4. The number of rotatable bonds is 11. The monoisotopic (exact) mass is 568 g/mol. The molecular weight excluding hydrogens is 538 g/mol. The summed E-state index contributed by atoms with van der Waals surface area (Å²) in [6, 6.07) is 0. The molecule has 1 saturated heterocycles. The van der Waals surface area contributed by atoms with Crippen molar-refractivity contribution in [1.82, 2.24) is 0 Å². The molecule has 4 aliphatic rings.